The van der Waals surface area contributed by atoms with Crippen LogP contribution in [0.25, 0.3) is 0 Å². The lowest BCUT2D eigenvalue weighted by molar-refractivity contribution is 0.626. The molecule has 0 saturated carbocycles. The van der Waals surface area contributed by atoms with Crippen molar-refractivity contribution in [1.29, 1.82) is 5.26 Å². The third-order valence-electron chi connectivity index (χ3n) is 2.77. The zero-order valence-corrected chi connectivity index (χ0v) is 10.0. The van der Waals surface area contributed by atoms with E-state index >= 15 is 0 Å². The second-order valence-electron chi connectivity index (χ2n) is 4.11. The summed E-state index contributed by atoms with van der Waals surface area (Å²) in [4.78, 5) is 0. The van der Waals surface area contributed by atoms with Crippen LogP contribution in [-0.2, 0) is 0 Å². The maximum Gasteiger partial charge on any atom is 0.123 e. The average molecular weight is 240 g/mol. The van der Waals surface area contributed by atoms with E-state index in [9.17, 15) is 4.39 Å². The molecule has 1 atom stereocenters. The van der Waals surface area contributed by atoms with Gasteiger partial charge in [0.05, 0.1) is 11.6 Å². The second-order valence-corrected chi connectivity index (χ2v) is 4.11. The van der Waals surface area contributed by atoms with Crippen molar-refractivity contribution in [2.45, 2.75) is 13.0 Å². The molecular weight excluding hydrogens is 227 g/mol. The van der Waals surface area contributed by atoms with Gasteiger partial charge in [-0.3, -0.25) is 0 Å². The Morgan fingerprint density at radius 3 is 2.22 bits per heavy atom. The second kappa shape index (κ2) is 5.33. The zero-order chi connectivity index (χ0) is 13.0. The molecule has 0 aromatic heterocycles. The van der Waals surface area contributed by atoms with E-state index in [4.69, 9.17) is 5.26 Å². The molecule has 0 amide bonds. The summed E-state index contributed by atoms with van der Waals surface area (Å²) in [5, 5.41) is 12.0. The van der Waals surface area contributed by atoms with Crippen LogP contribution in [0.5, 0.6) is 0 Å². The van der Waals surface area contributed by atoms with Crippen LogP contribution in [0.3, 0.4) is 0 Å². The number of benzene rings is 2. The predicted octanol–water partition coefficient (Wildman–Crippen LogP) is 3.87. The van der Waals surface area contributed by atoms with Crippen molar-refractivity contribution in [3.05, 3.63) is 65.5 Å². The number of nitriles is 1. The molecule has 0 fully saturated rings. The average Bonchev–Trinajstić information content (AvgIpc) is 2.40. The fraction of sp³-hybridized carbons (Fsp3) is 0.133. The lowest BCUT2D eigenvalue weighted by Crippen LogP contribution is -2.06. The van der Waals surface area contributed by atoms with Crippen LogP contribution in [0.15, 0.2) is 48.5 Å². The molecule has 2 rings (SSSR count). The van der Waals surface area contributed by atoms with Crippen LogP contribution >= 0.6 is 0 Å². The third kappa shape index (κ3) is 2.86. The molecule has 0 saturated heterocycles. The first kappa shape index (κ1) is 12.1. The fourth-order valence-electron chi connectivity index (χ4n) is 1.73. The van der Waals surface area contributed by atoms with Gasteiger partial charge < -0.3 is 5.32 Å². The summed E-state index contributed by atoms with van der Waals surface area (Å²) in [5.41, 5.74) is 2.58. The van der Waals surface area contributed by atoms with Gasteiger partial charge in [0.1, 0.15) is 5.82 Å². The van der Waals surface area contributed by atoms with Gasteiger partial charge >= 0.3 is 0 Å². The van der Waals surface area contributed by atoms with Gasteiger partial charge in [0, 0.05) is 11.7 Å². The number of anilines is 1. The van der Waals surface area contributed by atoms with Crippen molar-refractivity contribution in [2.24, 2.45) is 0 Å². The summed E-state index contributed by atoms with van der Waals surface area (Å²) in [7, 11) is 0. The van der Waals surface area contributed by atoms with Crippen molar-refractivity contribution in [1.82, 2.24) is 0 Å². The molecule has 2 nitrogen and oxygen atoms in total. The van der Waals surface area contributed by atoms with Gasteiger partial charge in [-0.15, -0.1) is 0 Å². The van der Waals surface area contributed by atoms with Crippen molar-refractivity contribution in [3.8, 4) is 6.07 Å². The first-order valence-corrected chi connectivity index (χ1v) is 5.71. The lowest BCUT2D eigenvalue weighted by Gasteiger charge is -2.15. The molecule has 0 radical (unpaired) electrons. The van der Waals surface area contributed by atoms with Crippen molar-refractivity contribution in [3.63, 3.8) is 0 Å². The topological polar surface area (TPSA) is 35.8 Å². The zero-order valence-electron chi connectivity index (χ0n) is 10.0. The highest BCUT2D eigenvalue weighted by atomic mass is 19.1. The van der Waals surface area contributed by atoms with E-state index in [-0.39, 0.29) is 11.9 Å². The number of nitrogens with zero attached hydrogens (tertiary/aromatic N) is 1. The van der Waals surface area contributed by atoms with Crippen LogP contribution in [0.2, 0.25) is 0 Å². The van der Waals surface area contributed by atoms with E-state index in [1.165, 1.54) is 12.1 Å². The molecule has 90 valence electrons. The highest BCUT2D eigenvalue weighted by Crippen LogP contribution is 2.19. The van der Waals surface area contributed by atoms with Crippen LogP contribution < -0.4 is 5.32 Å². The number of nitrogens with one attached hydrogen (secondary N) is 1. The molecule has 1 N–H and O–H groups in total. The molecule has 0 spiro atoms. The Balaban J connectivity index is 2.08. The smallest absolute Gasteiger partial charge is 0.123 e. The molecule has 0 heterocycles. The summed E-state index contributed by atoms with van der Waals surface area (Å²) in [6.45, 7) is 2.01. The molecule has 2 aromatic rings. The number of rotatable bonds is 3. The molecule has 0 bridgehead atoms. The van der Waals surface area contributed by atoms with E-state index in [0.717, 1.165) is 11.3 Å². The number of hydrogen-bond acceptors (Lipinski definition) is 2. The minimum Gasteiger partial charge on any atom is -0.379 e. The normalized spacial score (nSPS) is 11.6. The van der Waals surface area contributed by atoms with Gasteiger partial charge in [-0.1, -0.05) is 12.1 Å². The van der Waals surface area contributed by atoms with Crippen LogP contribution in [0.1, 0.15) is 24.1 Å². The highest BCUT2D eigenvalue weighted by molar-refractivity contribution is 5.48. The van der Waals surface area contributed by atoms with Gasteiger partial charge in [0.2, 0.25) is 0 Å². The highest BCUT2D eigenvalue weighted by Gasteiger charge is 2.05. The van der Waals surface area contributed by atoms with Gasteiger partial charge in [0.25, 0.3) is 0 Å². The quantitative estimate of drug-likeness (QED) is 0.884. The lowest BCUT2D eigenvalue weighted by atomic mass is 10.1. The SMILES string of the molecule is CC(Nc1ccc(C#N)cc1)c1ccc(F)cc1. The molecule has 0 aliphatic heterocycles. The summed E-state index contributed by atoms with van der Waals surface area (Å²) in [5.74, 6) is -0.232. The Bertz CT molecular complexity index is 553. The van der Waals surface area contributed by atoms with Crippen LogP contribution in [0.4, 0.5) is 10.1 Å². The minimum atomic E-state index is -0.232. The predicted molar refractivity (Wildman–Crippen MR) is 69.6 cm³/mol. The standard InChI is InChI=1S/C15H13FN2/c1-11(13-4-6-14(16)7-5-13)18-15-8-2-12(10-17)3-9-15/h2-9,11,18H,1H3. The molecule has 18 heavy (non-hydrogen) atoms. The summed E-state index contributed by atoms with van der Waals surface area (Å²) >= 11 is 0. The number of halogens is 1. The largest absolute Gasteiger partial charge is 0.379 e. The van der Waals surface area contributed by atoms with Gasteiger partial charge in [-0.2, -0.15) is 5.26 Å². The summed E-state index contributed by atoms with van der Waals surface area (Å²) in [6, 6.07) is 15.8. The molecule has 0 aliphatic rings. The molecule has 0 aliphatic carbocycles. The van der Waals surface area contributed by atoms with E-state index in [1.54, 1.807) is 24.3 Å². The first-order chi connectivity index (χ1) is 8.69. The van der Waals surface area contributed by atoms with Crippen molar-refractivity contribution in [2.75, 3.05) is 5.32 Å². The third-order valence-corrected chi connectivity index (χ3v) is 2.77. The van der Waals surface area contributed by atoms with Gasteiger partial charge in [0.15, 0.2) is 0 Å². The molecule has 1 unspecified atom stereocenters. The van der Waals surface area contributed by atoms with E-state index in [1.807, 2.05) is 19.1 Å². The van der Waals surface area contributed by atoms with Crippen LogP contribution in [0, 0.1) is 17.1 Å². The Kier molecular flexibility index (Phi) is 3.59. The van der Waals surface area contributed by atoms with E-state index in [2.05, 4.69) is 11.4 Å². The molecule has 3 heteroatoms. The molecule has 2 aromatic carbocycles. The van der Waals surface area contributed by atoms with Gasteiger partial charge in [-0.25, -0.2) is 4.39 Å². The van der Waals surface area contributed by atoms with E-state index in [0.29, 0.717) is 5.56 Å². The van der Waals surface area contributed by atoms with E-state index < -0.39 is 0 Å². The first-order valence-electron chi connectivity index (χ1n) is 5.71. The maximum atomic E-state index is 12.8. The number of hydrogen-bond donors (Lipinski definition) is 1. The maximum absolute atomic E-state index is 12.8. The monoisotopic (exact) mass is 240 g/mol. The summed E-state index contributed by atoms with van der Waals surface area (Å²) < 4.78 is 12.8. The van der Waals surface area contributed by atoms with Crippen molar-refractivity contribution < 1.29 is 4.39 Å². The minimum absolute atomic E-state index is 0.0820. The Morgan fingerprint density at radius 2 is 1.67 bits per heavy atom. The van der Waals surface area contributed by atoms with Crippen molar-refractivity contribution >= 4 is 5.69 Å². The Morgan fingerprint density at radius 1 is 1.06 bits per heavy atom. The molecular formula is C15H13FN2. The Labute approximate surface area is 106 Å². The Hall–Kier alpha value is -2.34. The van der Waals surface area contributed by atoms with Crippen LogP contribution in [-0.4, -0.2) is 0 Å². The summed E-state index contributed by atoms with van der Waals surface area (Å²) in [6.07, 6.45) is 0. The van der Waals surface area contributed by atoms with Gasteiger partial charge in [-0.05, 0) is 48.9 Å². The fourth-order valence-corrected chi connectivity index (χ4v) is 1.73.